The molecule has 1 aromatic carbocycles. The number of nitrogens with one attached hydrogen (secondary N) is 1. The van der Waals surface area contributed by atoms with E-state index in [1.165, 1.54) is 6.07 Å². The van der Waals surface area contributed by atoms with Crippen LogP contribution in [0.3, 0.4) is 0 Å². The van der Waals surface area contributed by atoms with Crippen molar-refractivity contribution in [3.05, 3.63) is 84.2 Å². The number of pyridine rings is 1. The summed E-state index contributed by atoms with van der Waals surface area (Å²) in [6, 6.07) is 16.4. The molecular formula is C23H23FN4OS. The number of hydrogen-bond acceptors (Lipinski definition) is 3. The average Bonchev–Trinajstić information content (AvgIpc) is 3.50. The fraction of sp³-hybridized carbons (Fsp3) is 0.304. The van der Waals surface area contributed by atoms with Crippen molar-refractivity contribution >= 4 is 17.3 Å². The second-order valence-electron chi connectivity index (χ2n) is 7.70. The minimum atomic E-state index is -0.260. The summed E-state index contributed by atoms with van der Waals surface area (Å²) in [7, 11) is 0. The standard InChI is InChI=1S/C23H23FN4OS/c24-16-6-3-7-17(14-16)27-12-4-10-20(27)22-21(19-9-1-2-11-25-19)26-23(30)28(22)15-18-8-5-13-29-18/h1-4,6-7,9-12,14,18,21-22H,5,8,13,15H2,(H,26,30). The first kappa shape index (κ1) is 19.2. The molecular weight excluding hydrogens is 399 g/mol. The normalized spacial score (nSPS) is 23.7. The smallest absolute Gasteiger partial charge is 0.170 e. The van der Waals surface area contributed by atoms with E-state index in [-0.39, 0.29) is 24.0 Å². The molecule has 2 fully saturated rings. The van der Waals surface area contributed by atoms with Crippen LogP contribution in [0.25, 0.3) is 5.69 Å². The van der Waals surface area contributed by atoms with Gasteiger partial charge in [-0.3, -0.25) is 4.98 Å². The summed E-state index contributed by atoms with van der Waals surface area (Å²) in [6.07, 6.45) is 6.03. The molecule has 0 radical (unpaired) electrons. The van der Waals surface area contributed by atoms with Gasteiger partial charge in [0, 0.05) is 36.9 Å². The number of nitrogens with zero attached hydrogens (tertiary/aromatic N) is 3. The summed E-state index contributed by atoms with van der Waals surface area (Å²) in [5.41, 5.74) is 2.73. The summed E-state index contributed by atoms with van der Waals surface area (Å²) >= 11 is 5.75. The van der Waals surface area contributed by atoms with E-state index in [0.717, 1.165) is 36.5 Å². The molecule has 1 N–H and O–H groups in total. The Kier molecular flexibility index (Phi) is 5.23. The highest BCUT2D eigenvalue weighted by atomic mass is 32.1. The van der Waals surface area contributed by atoms with Crippen LogP contribution in [0.5, 0.6) is 0 Å². The Labute approximate surface area is 180 Å². The summed E-state index contributed by atoms with van der Waals surface area (Å²) < 4.78 is 21.9. The van der Waals surface area contributed by atoms with Crippen LogP contribution in [0.4, 0.5) is 4.39 Å². The number of aromatic nitrogens is 2. The number of ether oxygens (including phenoxy) is 1. The molecule has 0 bridgehead atoms. The van der Waals surface area contributed by atoms with E-state index in [2.05, 4.69) is 21.3 Å². The SMILES string of the molecule is Fc1cccc(-n2cccc2C2C(c3ccccn3)NC(=S)N2CC2CCCO2)c1. The van der Waals surface area contributed by atoms with E-state index >= 15 is 0 Å². The van der Waals surface area contributed by atoms with Crippen LogP contribution in [0.15, 0.2) is 67.0 Å². The van der Waals surface area contributed by atoms with Gasteiger partial charge in [0.05, 0.1) is 23.9 Å². The molecule has 4 heterocycles. The average molecular weight is 423 g/mol. The zero-order chi connectivity index (χ0) is 20.5. The van der Waals surface area contributed by atoms with Crippen molar-refractivity contribution < 1.29 is 9.13 Å². The van der Waals surface area contributed by atoms with E-state index in [9.17, 15) is 4.39 Å². The predicted molar refractivity (Wildman–Crippen MR) is 117 cm³/mol. The lowest BCUT2D eigenvalue weighted by atomic mass is 10.0. The second kappa shape index (κ2) is 8.16. The molecule has 3 unspecified atom stereocenters. The Morgan fingerprint density at radius 3 is 2.87 bits per heavy atom. The van der Waals surface area contributed by atoms with Crippen molar-refractivity contribution in [3.8, 4) is 5.69 Å². The molecule has 3 atom stereocenters. The van der Waals surface area contributed by atoms with Crippen molar-refractivity contribution in [2.45, 2.75) is 31.0 Å². The van der Waals surface area contributed by atoms with Crippen molar-refractivity contribution in [1.82, 2.24) is 19.8 Å². The largest absolute Gasteiger partial charge is 0.376 e. The van der Waals surface area contributed by atoms with Gasteiger partial charge in [0.15, 0.2) is 5.11 Å². The molecule has 30 heavy (non-hydrogen) atoms. The third-order valence-corrected chi connectivity index (χ3v) is 6.14. The van der Waals surface area contributed by atoms with Crippen LogP contribution in [0, 0.1) is 5.82 Å². The highest BCUT2D eigenvalue weighted by molar-refractivity contribution is 7.80. The highest BCUT2D eigenvalue weighted by Gasteiger charge is 2.42. The third kappa shape index (κ3) is 3.59. The molecule has 0 saturated carbocycles. The van der Waals surface area contributed by atoms with Crippen LogP contribution in [-0.2, 0) is 4.74 Å². The minimum Gasteiger partial charge on any atom is -0.376 e. The first-order valence-electron chi connectivity index (χ1n) is 10.2. The minimum absolute atomic E-state index is 0.0881. The lowest BCUT2D eigenvalue weighted by Gasteiger charge is -2.30. The monoisotopic (exact) mass is 422 g/mol. The maximum Gasteiger partial charge on any atom is 0.170 e. The van der Waals surface area contributed by atoms with Crippen molar-refractivity contribution in [3.63, 3.8) is 0 Å². The predicted octanol–water partition coefficient (Wildman–Crippen LogP) is 4.16. The Bertz CT molecular complexity index is 1030. The van der Waals surface area contributed by atoms with E-state index in [1.54, 1.807) is 18.3 Å². The van der Waals surface area contributed by atoms with Gasteiger partial charge < -0.3 is 19.5 Å². The van der Waals surface area contributed by atoms with Gasteiger partial charge in [0.25, 0.3) is 0 Å². The Balaban J connectivity index is 1.57. The van der Waals surface area contributed by atoms with Crippen molar-refractivity contribution in [2.75, 3.05) is 13.2 Å². The summed E-state index contributed by atoms with van der Waals surface area (Å²) in [4.78, 5) is 6.79. The van der Waals surface area contributed by atoms with E-state index in [1.807, 2.05) is 41.1 Å². The fourth-order valence-corrected chi connectivity index (χ4v) is 4.74. The van der Waals surface area contributed by atoms with E-state index in [0.29, 0.717) is 11.7 Å². The molecule has 3 aromatic rings. The molecule has 2 aliphatic heterocycles. The van der Waals surface area contributed by atoms with Gasteiger partial charge in [-0.05, 0) is 67.5 Å². The number of thiocarbonyl (C=S) groups is 1. The summed E-state index contributed by atoms with van der Waals surface area (Å²) in [5.74, 6) is -0.260. The molecule has 2 aromatic heterocycles. The lowest BCUT2D eigenvalue weighted by Crippen LogP contribution is -2.36. The quantitative estimate of drug-likeness (QED) is 0.626. The highest BCUT2D eigenvalue weighted by Crippen LogP contribution is 2.40. The number of rotatable bonds is 5. The molecule has 2 aliphatic rings. The van der Waals surface area contributed by atoms with Crippen LogP contribution < -0.4 is 5.32 Å². The van der Waals surface area contributed by atoms with Gasteiger partial charge in [0.2, 0.25) is 0 Å². The molecule has 0 spiro atoms. The molecule has 2 saturated heterocycles. The summed E-state index contributed by atoms with van der Waals surface area (Å²) in [5, 5.41) is 4.17. The van der Waals surface area contributed by atoms with Gasteiger partial charge in [-0.1, -0.05) is 12.1 Å². The van der Waals surface area contributed by atoms with Gasteiger partial charge in [-0.15, -0.1) is 0 Å². The first-order chi connectivity index (χ1) is 14.7. The zero-order valence-electron chi connectivity index (χ0n) is 16.4. The Morgan fingerprint density at radius 2 is 2.10 bits per heavy atom. The van der Waals surface area contributed by atoms with Gasteiger partial charge in [-0.2, -0.15) is 0 Å². The number of hydrogen-bond donors (Lipinski definition) is 1. The zero-order valence-corrected chi connectivity index (χ0v) is 17.3. The Morgan fingerprint density at radius 1 is 1.17 bits per heavy atom. The molecule has 154 valence electrons. The maximum absolute atomic E-state index is 13.9. The molecule has 0 amide bonds. The number of benzene rings is 1. The van der Waals surface area contributed by atoms with Crippen LogP contribution in [0.2, 0.25) is 0 Å². The van der Waals surface area contributed by atoms with Crippen molar-refractivity contribution in [1.29, 1.82) is 0 Å². The van der Waals surface area contributed by atoms with E-state index < -0.39 is 0 Å². The third-order valence-electron chi connectivity index (χ3n) is 5.79. The van der Waals surface area contributed by atoms with Gasteiger partial charge in [-0.25, -0.2) is 4.39 Å². The first-order valence-corrected chi connectivity index (χ1v) is 10.6. The molecule has 5 rings (SSSR count). The van der Waals surface area contributed by atoms with E-state index in [4.69, 9.17) is 17.0 Å². The summed E-state index contributed by atoms with van der Waals surface area (Å²) in [6.45, 7) is 1.51. The van der Waals surface area contributed by atoms with Crippen molar-refractivity contribution in [2.24, 2.45) is 0 Å². The fourth-order valence-electron chi connectivity index (χ4n) is 4.43. The van der Waals surface area contributed by atoms with Crippen LogP contribution in [-0.4, -0.2) is 38.8 Å². The topological polar surface area (TPSA) is 42.3 Å². The molecule has 0 aliphatic carbocycles. The molecule has 7 heteroatoms. The maximum atomic E-state index is 13.9. The number of halogens is 1. The Hall–Kier alpha value is -2.77. The molecule has 5 nitrogen and oxygen atoms in total. The van der Waals surface area contributed by atoms with Gasteiger partial charge in [0.1, 0.15) is 5.82 Å². The van der Waals surface area contributed by atoms with Crippen LogP contribution >= 0.6 is 12.2 Å². The van der Waals surface area contributed by atoms with Crippen LogP contribution in [0.1, 0.15) is 36.3 Å². The second-order valence-corrected chi connectivity index (χ2v) is 8.08. The van der Waals surface area contributed by atoms with Gasteiger partial charge >= 0.3 is 0 Å². The lowest BCUT2D eigenvalue weighted by molar-refractivity contribution is 0.0836.